The highest BCUT2D eigenvalue weighted by molar-refractivity contribution is 5.99. The van der Waals surface area contributed by atoms with Gasteiger partial charge in [0, 0.05) is 118 Å². The van der Waals surface area contributed by atoms with Crippen molar-refractivity contribution in [2.24, 2.45) is 0 Å². The molecule has 0 amide bonds. The van der Waals surface area contributed by atoms with Crippen molar-refractivity contribution in [3.05, 3.63) is 153 Å². The Hall–Kier alpha value is -8.67. The standard InChI is InChI=1S/C78H100O18/c1-9-17-21-29-66(79)54-41-58-49-60-43-55(67(80)30-22-18-10-2)45-62(76(60)94-38-26-34-90-71(84)14-6)51-64-47-57(69(82)32-24-20-12-4)48-65(78(64)96-40-28-36-92-74(87)53-73(86)88-16-8)52-63-46-56(68(81)31-23-19-11-3)44-61(77(63)95-39-27-35-91-72(85)15-7)50-59(42-54)75(58)93-37-25-33-89-70(83)13-5/h13-15,41-48H,5-7,9-12,16-40,49-53H2,1-4,8H3. The summed E-state index contributed by atoms with van der Waals surface area (Å²) in [7, 11) is 0. The van der Waals surface area contributed by atoms with Crippen LogP contribution < -0.4 is 18.9 Å². The van der Waals surface area contributed by atoms with Crippen molar-refractivity contribution in [2.45, 2.75) is 195 Å². The Morgan fingerprint density at radius 3 is 0.760 bits per heavy atom. The zero-order valence-corrected chi connectivity index (χ0v) is 57.4. The molecule has 18 heteroatoms. The van der Waals surface area contributed by atoms with Gasteiger partial charge in [0.05, 0.1) is 59.5 Å². The van der Waals surface area contributed by atoms with Gasteiger partial charge in [-0.3, -0.25) is 28.8 Å². The van der Waals surface area contributed by atoms with E-state index in [0.29, 0.717) is 115 Å². The lowest BCUT2D eigenvalue weighted by atomic mass is 9.86. The number of hydrogen-bond donors (Lipinski definition) is 0. The minimum absolute atomic E-state index is 0.00248. The van der Waals surface area contributed by atoms with Crippen LogP contribution in [0, 0.1) is 0 Å². The molecule has 0 atom stereocenters. The highest BCUT2D eigenvalue weighted by atomic mass is 16.6. The van der Waals surface area contributed by atoms with E-state index in [1.165, 1.54) is 0 Å². The van der Waals surface area contributed by atoms with Crippen molar-refractivity contribution >= 4 is 53.0 Å². The number of carbonyl (C=O) groups is 9. The van der Waals surface area contributed by atoms with Gasteiger partial charge in [-0.1, -0.05) is 98.8 Å². The van der Waals surface area contributed by atoms with E-state index in [0.717, 1.165) is 69.6 Å². The molecule has 0 heterocycles. The van der Waals surface area contributed by atoms with Gasteiger partial charge in [-0.15, -0.1) is 0 Å². The second-order valence-electron chi connectivity index (χ2n) is 23.8. The number of Topliss-reactive ketones (excluding diaryl/α,β-unsaturated/α-hetero) is 4. The molecule has 0 aromatic heterocycles. The smallest absolute Gasteiger partial charge is 0.330 e. The van der Waals surface area contributed by atoms with Crippen LogP contribution in [0.2, 0.25) is 0 Å². The van der Waals surface area contributed by atoms with Crippen molar-refractivity contribution in [1.29, 1.82) is 0 Å². The molecule has 5 rings (SSSR count). The Morgan fingerprint density at radius 1 is 0.312 bits per heavy atom. The molecule has 8 bridgehead atoms. The van der Waals surface area contributed by atoms with Crippen LogP contribution in [-0.2, 0) is 73.3 Å². The molecule has 1 aliphatic carbocycles. The number of ether oxygens (including phenoxy) is 9. The first-order valence-corrected chi connectivity index (χ1v) is 34.5. The van der Waals surface area contributed by atoms with Crippen LogP contribution in [0.5, 0.6) is 23.0 Å². The van der Waals surface area contributed by atoms with Crippen molar-refractivity contribution in [1.82, 2.24) is 0 Å². The van der Waals surface area contributed by atoms with Crippen LogP contribution in [-0.4, -0.2) is 112 Å². The predicted octanol–water partition coefficient (Wildman–Crippen LogP) is 15.2. The van der Waals surface area contributed by atoms with E-state index < -0.39 is 36.3 Å². The van der Waals surface area contributed by atoms with Crippen molar-refractivity contribution in [2.75, 3.05) is 59.5 Å². The van der Waals surface area contributed by atoms with E-state index in [2.05, 4.69) is 47.4 Å². The number of benzene rings is 4. The molecular formula is C78H100O18. The van der Waals surface area contributed by atoms with E-state index in [1.54, 1.807) is 6.92 Å². The molecule has 0 spiro atoms. The largest absolute Gasteiger partial charge is 0.493 e. The van der Waals surface area contributed by atoms with E-state index in [1.807, 2.05) is 48.5 Å². The topological polar surface area (TPSA) is 237 Å². The lowest BCUT2D eigenvalue weighted by Crippen LogP contribution is -2.16. The molecule has 1 aliphatic rings. The second kappa shape index (κ2) is 43.4. The average Bonchev–Trinajstić information content (AvgIpc) is 0.773. The molecule has 0 saturated heterocycles. The average molecular weight is 1330 g/mol. The fourth-order valence-electron chi connectivity index (χ4n) is 11.2. The Labute approximate surface area is 567 Å². The molecule has 0 radical (unpaired) electrons. The Kier molecular flexibility index (Phi) is 35.3. The third-order valence-electron chi connectivity index (χ3n) is 16.0. The first-order chi connectivity index (χ1) is 46.5. The van der Waals surface area contributed by atoms with Crippen LogP contribution in [0.4, 0.5) is 0 Å². The summed E-state index contributed by atoms with van der Waals surface area (Å²) in [6.07, 6.45) is 14.0. The summed E-state index contributed by atoms with van der Waals surface area (Å²) in [5, 5.41) is 0. The number of rotatable bonds is 46. The number of hydrogen-bond acceptors (Lipinski definition) is 18. The quantitative estimate of drug-likeness (QED) is 0.00879. The summed E-state index contributed by atoms with van der Waals surface area (Å²) in [4.78, 5) is 121. The second-order valence-corrected chi connectivity index (χ2v) is 23.8. The van der Waals surface area contributed by atoms with Crippen molar-refractivity contribution in [3.8, 4) is 23.0 Å². The Morgan fingerprint density at radius 2 is 0.542 bits per heavy atom. The lowest BCUT2D eigenvalue weighted by Gasteiger charge is -2.25. The highest BCUT2D eigenvalue weighted by Gasteiger charge is 2.28. The minimum atomic E-state index is -0.766. The van der Waals surface area contributed by atoms with Crippen LogP contribution in [0.1, 0.15) is 255 Å². The van der Waals surface area contributed by atoms with Crippen molar-refractivity contribution in [3.63, 3.8) is 0 Å². The van der Waals surface area contributed by atoms with Gasteiger partial charge in [0.25, 0.3) is 0 Å². The predicted molar refractivity (Wildman–Crippen MR) is 367 cm³/mol. The lowest BCUT2D eigenvalue weighted by molar-refractivity contribution is -0.154. The fourth-order valence-corrected chi connectivity index (χ4v) is 11.2. The third-order valence-corrected chi connectivity index (χ3v) is 16.0. The molecule has 4 aromatic rings. The zero-order valence-electron chi connectivity index (χ0n) is 57.4. The van der Waals surface area contributed by atoms with Crippen molar-refractivity contribution < 1.29 is 85.8 Å². The summed E-state index contributed by atoms with van der Waals surface area (Å²) in [6, 6.07) is 14.5. The molecule has 0 saturated carbocycles. The Balaban J connectivity index is 1.98. The van der Waals surface area contributed by atoms with E-state index in [-0.39, 0.29) is 160 Å². The first kappa shape index (κ1) is 78.0. The monoisotopic (exact) mass is 1320 g/mol. The maximum atomic E-state index is 14.8. The molecule has 0 fully saturated rings. The number of fused-ring (bicyclic) bond motifs is 8. The van der Waals surface area contributed by atoms with E-state index in [4.69, 9.17) is 42.6 Å². The maximum Gasteiger partial charge on any atom is 0.330 e. The van der Waals surface area contributed by atoms with Gasteiger partial charge in [0.2, 0.25) is 0 Å². The van der Waals surface area contributed by atoms with Gasteiger partial charge in [-0.2, -0.15) is 0 Å². The van der Waals surface area contributed by atoms with Gasteiger partial charge >= 0.3 is 29.8 Å². The van der Waals surface area contributed by atoms with Gasteiger partial charge in [0.1, 0.15) is 29.4 Å². The minimum Gasteiger partial charge on any atom is -0.493 e. The van der Waals surface area contributed by atoms with Crippen LogP contribution >= 0.6 is 0 Å². The van der Waals surface area contributed by atoms with Gasteiger partial charge in [-0.05, 0) is 126 Å². The summed E-state index contributed by atoms with van der Waals surface area (Å²) < 4.78 is 54.3. The van der Waals surface area contributed by atoms with E-state index in [9.17, 15) is 43.2 Å². The molecule has 18 nitrogen and oxygen atoms in total. The Bertz CT molecular complexity index is 3160. The van der Waals surface area contributed by atoms with Gasteiger partial charge < -0.3 is 42.6 Å². The van der Waals surface area contributed by atoms with Gasteiger partial charge in [0.15, 0.2) is 23.1 Å². The molecule has 0 unspecified atom stereocenters. The maximum absolute atomic E-state index is 14.8. The molecule has 4 aromatic carbocycles. The molecular weight excluding hydrogens is 1220 g/mol. The normalized spacial score (nSPS) is 11.5. The third kappa shape index (κ3) is 26.2. The number of ketones is 4. The molecule has 0 N–H and O–H groups in total. The van der Waals surface area contributed by atoms with Crippen LogP contribution in [0.25, 0.3) is 0 Å². The SMILES string of the molecule is C=CC(=O)OCCCOc1c2cc(C(=O)CCCCC)cc1Cc1cc(C(=O)CCCCC)cc(c1OCCCOC(=O)C=C)Cc1cc(C(=O)CCCCC)cc(c1OCCCOC(=O)CC(=O)OCC)Cc1cc(C(=O)CCCCC)cc(c1OCCCOC(=O)C=C)C2. The number of esters is 5. The van der Waals surface area contributed by atoms with Gasteiger partial charge in [-0.25, -0.2) is 14.4 Å². The number of unbranched alkanes of at least 4 members (excludes halogenated alkanes) is 8. The first-order valence-electron chi connectivity index (χ1n) is 34.5. The van der Waals surface area contributed by atoms with E-state index >= 15 is 0 Å². The summed E-state index contributed by atoms with van der Waals surface area (Å²) in [6.45, 7) is 20.6. The summed E-state index contributed by atoms with van der Waals surface area (Å²) >= 11 is 0. The van der Waals surface area contributed by atoms with Crippen LogP contribution in [0.3, 0.4) is 0 Å². The highest BCUT2D eigenvalue weighted by Crippen LogP contribution is 2.42. The number of carbonyl (C=O) groups excluding carboxylic acids is 9. The molecule has 96 heavy (non-hydrogen) atoms. The molecule has 520 valence electrons. The fraction of sp³-hybridized carbons (Fsp3) is 0.500. The van der Waals surface area contributed by atoms with Crippen LogP contribution in [0.15, 0.2) is 86.5 Å². The zero-order chi connectivity index (χ0) is 69.6. The molecule has 0 aliphatic heterocycles. The summed E-state index contributed by atoms with van der Waals surface area (Å²) in [5.74, 6) is -2.22. The summed E-state index contributed by atoms with van der Waals surface area (Å²) in [5.41, 5.74) is 5.96.